The fourth-order valence-electron chi connectivity index (χ4n) is 2.71. The van der Waals surface area contributed by atoms with Gasteiger partial charge in [-0.15, -0.1) is 0 Å². The van der Waals surface area contributed by atoms with Crippen LogP contribution in [0.2, 0.25) is 0 Å². The van der Waals surface area contributed by atoms with E-state index in [0.29, 0.717) is 17.1 Å². The van der Waals surface area contributed by atoms with E-state index < -0.39 is 29.7 Å². The van der Waals surface area contributed by atoms with E-state index in [9.17, 15) is 19.8 Å². The number of carbonyl (C=O) groups excluding carboxylic acids is 1. The first-order valence-corrected chi connectivity index (χ1v) is 8.29. The van der Waals surface area contributed by atoms with Gasteiger partial charge in [-0.3, -0.25) is 9.59 Å². The van der Waals surface area contributed by atoms with Crippen LogP contribution in [0.5, 0.6) is 17.2 Å². The van der Waals surface area contributed by atoms with E-state index in [2.05, 4.69) is 0 Å². The molecule has 2 rings (SSSR count). The number of benzene rings is 1. The molecule has 2 aromatic rings. The number of ether oxygens (including phenoxy) is 3. The Hall–Kier alpha value is -3.00. The monoisotopic (exact) mass is 378 g/mol. The smallest absolute Gasteiger partial charge is 0.306 e. The van der Waals surface area contributed by atoms with Gasteiger partial charge in [-0.1, -0.05) is 0 Å². The Bertz CT molecular complexity index is 855. The van der Waals surface area contributed by atoms with Crippen molar-refractivity contribution in [2.45, 2.75) is 25.9 Å². The van der Waals surface area contributed by atoms with Crippen molar-refractivity contribution in [2.75, 3.05) is 20.8 Å². The molecule has 0 aliphatic heterocycles. The first kappa shape index (κ1) is 20.3. The largest absolute Gasteiger partial charge is 0.502 e. The SMILES string of the molecule is CCOC(=O)C[C@H](c1cc(OC)ccc1OC)c1oc(CO)cc(=O)c1O. The number of aliphatic hydroxyl groups is 1. The maximum Gasteiger partial charge on any atom is 0.306 e. The topological polar surface area (TPSA) is 115 Å². The van der Waals surface area contributed by atoms with Gasteiger partial charge < -0.3 is 28.8 Å². The summed E-state index contributed by atoms with van der Waals surface area (Å²) in [6, 6.07) is 5.91. The van der Waals surface area contributed by atoms with Crippen molar-refractivity contribution in [1.29, 1.82) is 0 Å². The predicted octanol–water partition coefficient (Wildman–Crippen LogP) is 1.94. The van der Waals surface area contributed by atoms with Crippen LogP contribution >= 0.6 is 0 Å². The van der Waals surface area contributed by atoms with Gasteiger partial charge in [0.15, 0.2) is 5.76 Å². The molecule has 0 aliphatic carbocycles. The number of esters is 1. The lowest BCUT2D eigenvalue weighted by Crippen LogP contribution is -2.15. The van der Waals surface area contributed by atoms with Crippen molar-refractivity contribution < 1.29 is 33.6 Å². The molecule has 0 spiro atoms. The predicted molar refractivity (Wildman–Crippen MR) is 95.2 cm³/mol. The zero-order valence-corrected chi connectivity index (χ0v) is 15.4. The summed E-state index contributed by atoms with van der Waals surface area (Å²) in [4.78, 5) is 24.2. The number of aromatic hydroxyl groups is 1. The van der Waals surface area contributed by atoms with Crippen LogP contribution in [0.1, 0.15) is 36.3 Å². The number of hydrogen-bond donors (Lipinski definition) is 2. The van der Waals surface area contributed by atoms with Crippen LogP contribution in [0, 0.1) is 0 Å². The molecule has 0 bridgehead atoms. The van der Waals surface area contributed by atoms with E-state index in [1.807, 2.05) is 0 Å². The quantitative estimate of drug-likeness (QED) is 0.670. The summed E-state index contributed by atoms with van der Waals surface area (Å²) in [5, 5.41) is 19.6. The van der Waals surface area contributed by atoms with Gasteiger partial charge in [-0.2, -0.15) is 0 Å². The molecule has 0 fully saturated rings. The van der Waals surface area contributed by atoms with Gasteiger partial charge in [0.2, 0.25) is 11.2 Å². The van der Waals surface area contributed by atoms with Crippen LogP contribution in [0.4, 0.5) is 0 Å². The van der Waals surface area contributed by atoms with Crippen LogP contribution in [0.15, 0.2) is 33.5 Å². The van der Waals surface area contributed by atoms with Crippen molar-refractivity contribution in [2.24, 2.45) is 0 Å². The lowest BCUT2D eigenvalue weighted by atomic mass is 9.91. The Morgan fingerprint density at radius 2 is 1.96 bits per heavy atom. The summed E-state index contributed by atoms with van der Waals surface area (Å²) >= 11 is 0. The third-order valence-electron chi connectivity index (χ3n) is 3.96. The Morgan fingerprint density at radius 3 is 2.56 bits per heavy atom. The highest BCUT2D eigenvalue weighted by molar-refractivity contribution is 5.72. The summed E-state index contributed by atoms with van der Waals surface area (Å²) < 4.78 is 21.1. The molecule has 27 heavy (non-hydrogen) atoms. The maximum atomic E-state index is 12.2. The second-order valence-corrected chi connectivity index (χ2v) is 5.62. The second kappa shape index (κ2) is 9.09. The molecule has 146 valence electrons. The van der Waals surface area contributed by atoms with Gasteiger partial charge in [0.25, 0.3) is 0 Å². The van der Waals surface area contributed by atoms with E-state index in [1.54, 1.807) is 25.1 Å². The Kier molecular flexibility index (Phi) is 6.84. The third kappa shape index (κ3) is 4.59. The van der Waals surface area contributed by atoms with Crippen molar-refractivity contribution in [3.8, 4) is 17.2 Å². The summed E-state index contributed by atoms with van der Waals surface area (Å²) in [6.45, 7) is 1.31. The summed E-state index contributed by atoms with van der Waals surface area (Å²) in [5.41, 5.74) is -0.269. The van der Waals surface area contributed by atoms with Crippen LogP contribution in [-0.2, 0) is 16.1 Å². The molecular formula is C19H22O8. The van der Waals surface area contributed by atoms with Crippen LogP contribution < -0.4 is 14.9 Å². The van der Waals surface area contributed by atoms with Crippen molar-refractivity contribution in [3.63, 3.8) is 0 Å². The highest BCUT2D eigenvalue weighted by Crippen LogP contribution is 2.39. The van der Waals surface area contributed by atoms with Crippen molar-refractivity contribution >= 4 is 5.97 Å². The number of carbonyl (C=O) groups is 1. The molecule has 0 amide bonds. The minimum atomic E-state index is -0.895. The molecule has 1 aromatic carbocycles. The average Bonchev–Trinajstić information content (AvgIpc) is 2.68. The molecule has 1 heterocycles. The van der Waals surface area contributed by atoms with E-state index in [-0.39, 0.29) is 24.5 Å². The minimum Gasteiger partial charge on any atom is -0.502 e. The van der Waals surface area contributed by atoms with Crippen LogP contribution in [0.25, 0.3) is 0 Å². The van der Waals surface area contributed by atoms with Crippen molar-refractivity contribution in [1.82, 2.24) is 0 Å². The first-order valence-electron chi connectivity index (χ1n) is 8.29. The lowest BCUT2D eigenvalue weighted by molar-refractivity contribution is -0.143. The normalized spacial score (nSPS) is 11.7. The zero-order valence-electron chi connectivity index (χ0n) is 15.4. The zero-order chi connectivity index (χ0) is 20.0. The van der Waals surface area contributed by atoms with Crippen LogP contribution in [0.3, 0.4) is 0 Å². The highest BCUT2D eigenvalue weighted by atomic mass is 16.5. The number of rotatable bonds is 8. The highest BCUT2D eigenvalue weighted by Gasteiger charge is 2.29. The molecule has 0 saturated heterocycles. The molecule has 0 aliphatic rings. The van der Waals surface area contributed by atoms with Gasteiger partial charge >= 0.3 is 5.97 Å². The van der Waals surface area contributed by atoms with Gasteiger partial charge in [-0.25, -0.2) is 0 Å². The van der Waals surface area contributed by atoms with E-state index >= 15 is 0 Å². The molecule has 1 atom stereocenters. The fourth-order valence-corrected chi connectivity index (χ4v) is 2.71. The van der Waals surface area contributed by atoms with Gasteiger partial charge in [-0.05, 0) is 25.1 Å². The fraction of sp³-hybridized carbons (Fsp3) is 0.368. The van der Waals surface area contributed by atoms with E-state index in [1.165, 1.54) is 14.2 Å². The molecule has 8 nitrogen and oxygen atoms in total. The molecule has 0 saturated carbocycles. The van der Waals surface area contributed by atoms with Crippen molar-refractivity contribution in [3.05, 3.63) is 51.6 Å². The van der Waals surface area contributed by atoms with E-state index in [4.69, 9.17) is 18.6 Å². The summed E-state index contributed by atoms with van der Waals surface area (Å²) in [7, 11) is 2.93. The molecular weight excluding hydrogens is 356 g/mol. The Labute approximate surface area is 155 Å². The average molecular weight is 378 g/mol. The maximum absolute atomic E-state index is 12.2. The Morgan fingerprint density at radius 1 is 1.22 bits per heavy atom. The molecule has 1 aromatic heterocycles. The molecule has 8 heteroatoms. The number of hydrogen-bond acceptors (Lipinski definition) is 8. The van der Waals surface area contributed by atoms with Crippen LogP contribution in [-0.4, -0.2) is 37.0 Å². The van der Waals surface area contributed by atoms with Gasteiger partial charge in [0, 0.05) is 11.6 Å². The molecule has 0 radical (unpaired) electrons. The summed E-state index contributed by atoms with van der Waals surface area (Å²) in [5.74, 6) is -1.40. The van der Waals surface area contributed by atoms with Gasteiger partial charge in [0.1, 0.15) is 23.9 Å². The second-order valence-electron chi connectivity index (χ2n) is 5.62. The van der Waals surface area contributed by atoms with E-state index in [0.717, 1.165) is 6.07 Å². The summed E-state index contributed by atoms with van der Waals surface area (Å²) in [6.07, 6.45) is -0.219. The number of methoxy groups -OCH3 is 2. The number of aliphatic hydroxyl groups excluding tert-OH is 1. The molecule has 0 unspecified atom stereocenters. The minimum absolute atomic E-state index is 0.0384. The standard InChI is InChI=1S/C19H22O8/c1-4-26-17(22)9-14(13-7-11(24-2)5-6-16(13)25-3)19-18(23)15(21)8-12(10-20)27-19/h5-8,14,20,23H,4,9-10H2,1-3H3/t14-/m1/s1. The molecule has 2 N–H and O–H groups in total. The third-order valence-corrected chi connectivity index (χ3v) is 3.96. The van der Waals surface area contributed by atoms with Gasteiger partial charge in [0.05, 0.1) is 33.2 Å². The Balaban J connectivity index is 2.68. The first-order chi connectivity index (χ1) is 12.9. The lowest BCUT2D eigenvalue weighted by Gasteiger charge is -2.20.